The van der Waals surface area contributed by atoms with Gasteiger partial charge < -0.3 is 15.2 Å². The molecule has 0 aliphatic heterocycles. The molecule has 0 spiro atoms. The average molecular weight is 373 g/mol. The van der Waals surface area contributed by atoms with Crippen LogP contribution in [0.1, 0.15) is 19.4 Å². The molecule has 1 aromatic carbocycles. The lowest BCUT2D eigenvalue weighted by Gasteiger charge is -2.08. The van der Waals surface area contributed by atoms with Gasteiger partial charge >= 0.3 is 0 Å². The summed E-state index contributed by atoms with van der Waals surface area (Å²) in [5, 5.41) is 6.61. The molecule has 7 nitrogen and oxygen atoms in total. The van der Waals surface area contributed by atoms with E-state index in [1.165, 1.54) is 5.56 Å². The highest BCUT2D eigenvalue weighted by Gasteiger charge is 2.14. The van der Waals surface area contributed by atoms with Gasteiger partial charge in [0.2, 0.25) is 5.95 Å². The highest BCUT2D eigenvalue weighted by molar-refractivity contribution is 5.77. The molecule has 4 rings (SSSR count). The van der Waals surface area contributed by atoms with E-state index in [9.17, 15) is 0 Å². The first-order chi connectivity index (χ1) is 13.8. The minimum Gasteiger partial charge on any atom is -0.324 e. The summed E-state index contributed by atoms with van der Waals surface area (Å²) in [6.07, 6.45) is 5.31. The summed E-state index contributed by atoms with van der Waals surface area (Å²) in [6, 6.07) is 12.2. The van der Waals surface area contributed by atoms with E-state index in [-0.39, 0.29) is 0 Å². The van der Waals surface area contributed by atoms with Crippen LogP contribution in [0.2, 0.25) is 0 Å². The molecular formula is C21H23N7. The van der Waals surface area contributed by atoms with Gasteiger partial charge in [0.1, 0.15) is 11.3 Å². The summed E-state index contributed by atoms with van der Waals surface area (Å²) in [6.45, 7) is 6.78. The van der Waals surface area contributed by atoms with Crippen molar-refractivity contribution in [2.24, 2.45) is 0 Å². The summed E-state index contributed by atoms with van der Waals surface area (Å²) in [4.78, 5) is 17.9. The maximum Gasteiger partial charge on any atom is 0.229 e. The van der Waals surface area contributed by atoms with Crippen molar-refractivity contribution < 1.29 is 0 Å². The standard InChI is InChI=1S/C21H23N7/c1-3-22-13-15-5-7-17(8-6-15)25-21-24-14-18-20(27-21)28(4-2)19(26-18)16-9-11-23-12-10-16/h5-12,14,22H,3-4,13H2,1-2H3,(H,24,25,27). The van der Waals surface area contributed by atoms with E-state index in [2.05, 4.69) is 51.1 Å². The van der Waals surface area contributed by atoms with Crippen LogP contribution in [-0.4, -0.2) is 31.0 Å². The van der Waals surface area contributed by atoms with Crippen LogP contribution < -0.4 is 10.6 Å². The zero-order valence-corrected chi connectivity index (χ0v) is 16.1. The molecule has 0 saturated carbocycles. The molecule has 0 aliphatic rings. The predicted octanol–water partition coefficient (Wildman–Crippen LogP) is 3.76. The Kier molecular flexibility index (Phi) is 5.25. The number of hydrogen-bond acceptors (Lipinski definition) is 6. The Labute approximate surface area is 163 Å². The topological polar surface area (TPSA) is 80.5 Å². The largest absolute Gasteiger partial charge is 0.324 e. The summed E-state index contributed by atoms with van der Waals surface area (Å²) in [7, 11) is 0. The zero-order valence-electron chi connectivity index (χ0n) is 16.1. The number of benzene rings is 1. The summed E-state index contributed by atoms with van der Waals surface area (Å²) in [5.74, 6) is 1.43. The van der Waals surface area contributed by atoms with Gasteiger partial charge in [-0.1, -0.05) is 19.1 Å². The SMILES string of the molecule is CCNCc1ccc(Nc2ncc3nc(-c4ccncc4)n(CC)c3n2)cc1. The first-order valence-corrected chi connectivity index (χ1v) is 9.49. The molecule has 0 fully saturated rings. The van der Waals surface area contributed by atoms with Crippen molar-refractivity contribution >= 4 is 22.8 Å². The highest BCUT2D eigenvalue weighted by atomic mass is 15.2. The van der Waals surface area contributed by atoms with Crippen molar-refractivity contribution in [2.45, 2.75) is 26.9 Å². The quantitative estimate of drug-likeness (QED) is 0.513. The Balaban J connectivity index is 1.62. The smallest absolute Gasteiger partial charge is 0.229 e. The number of rotatable bonds is 7. The normalized spacial score (nSPS) is 11.1. The molecule has 2 N–H and O–H groups in total. The van der Waals surface area contributed by atoms with E-state index >= 15 is 0 Å². The molecule has 7 heteroatoms. The van der Waals surface area contributed by atoms with Crippen molar-refractivity contribution in [3.8, 4) is 11.4 Å². The van der Waals surface area contributed by atoms with E-state index in [0.29, 0.717) is 5.95 Å². The molecule has 0 saturated heterocycles. The Morgan fingerprint density at radius 2 is 1.75 bits per heavy atom. The molecule has 142 valence electrons. The van der Waals surface area contributed by atoms with E-state index in [0.717, 1.165) is 47.9 Å². The van der Waals surface area contributed by atoms with Crippen LogP contribution in [0, 0.1) is 0 Å². The van der Waals surface area contributed by atoms with Gasteiger partial charge in [0, 0.05) is 36.7 Å². The summed E-state index contributed by atoms with van der Waals surface area (Å²) in [5.41, 5.74) is 4.81. The van der Waals surface area contributed by atoms with Gasteiger partial charge in [-0.3, -0.25) is 4.98 Å². The maximum absolute atomic E-state index is 4.72. The van der Waals surface area contributed by atoms with E-state index in [1.54, 1.807) is 18.6 Å². The number of pyridine rings is 1. The lowest BCUT2D eigenvalue weighted by molar-refractivity contribution is 0.727. The number of aryl methyl sites for hydroxylation is 1. The van der Waals surface area contributed by atoms with Gasteiger partial charge in [-0.2, -0.15) is 4.98 Å². The number of nitrogens with one attached hydrogen (secondary N) is 2. The third-order valence-corrected chi connectivity index (χ3v) is 4.53. The van der Waals surface area contributed by atoms with E-state index in [1.807, 2.05) is 24.3 Å². The van der Waals surface area contributed by atoms with Gasteiger partial charge in [-0.05, 0) is 43.3 Å². The van der Waals surface area contributed by atoms with E-state index in [4.69, 9.17) is 9.97 Å². The van der Waals surface area contributed by atoms with Crippen LogP contribution in [-0.2, 0) is 13.1 Å². The van der Waals surface area contributed by atoms with Gasteiger partial charge in [-0.25, -0.2) is 9.97 Å². The van der Waals surface area contributed by atoms with Crippen LogP contribution in [0.4, 0.5) is 11.6 Å². The number of anilines is 2. The van der Waals surface area contributed by atoms with Crippen LogP contribution in [0.5, 0.6) is 0 Å². The average Bonchev–Trinajstić information content (AvgIpc) is 3.12. The second kappa shape index (κ2) is 8.14. The Hall–Kier alpha value is -3.32. The molecule has 3 heterocycles. The second-order valence-corrected chi connectivity index (χ2v) is 6.42. The minimum atomic E-state index is 0.558. The second-order valence-electron chi connectivity index (χ2n) is 6.42. The van der Waals surface area contributed by atoms with Crippen molar-refractivity contribution in [2.75, 3.05) is 11.9 Å². The molecule has 0 aliphatic carbocycles. The monoisotopic (exact) mass is 373 g/mol. The van der Waals surface area contributed by atoms with Crippen LogP contribution in [0.25, 0.3) is 22.6 Å². The van der Waals surface area contributed by atoms with Crippen molar-refractivity contribution in [1.82, 2.24) is 29.8 Å². The fraction of sp³-hybridized carbons (Fsp3) is 0.238. The van der Waals surface area contributed by atoms with Gasteiger partial charge in [0.15, 0.2) is 5.65 Å². The van der Waals surface area contributed by atoms with Gasteiger partial charge in [-0.15, -0.1) is 0 Å². The zero-order chi connectivity index (χ0) is 19.3. The number of hydrogen-bond donors (Lipinski definition) is 2. The molecule has 0 atom stereocenters. The van der Waals surface area contributed by atoms with Crippen molar-refractivity contribution in [1.29, 1.82) is 0 Å². The first-order valence-electron chi connectivity index (χ1n) is 9.49. The first kappa shape index (κ1) is 18.1. The molecule has 0 bridgehead atoms. The third kappa shape index (κ3) is 3.70. The number of fused-ring (bicyclic) bond motifs is 1. The fourth-order valence-corrected chi connectivity index (χ4v) is 3.10. The lowest BCUT2D eigenvalue weighted by atomic mass is 10.2. The van der Waals surface area contributed by atoms with Crippen molar-refractivity contribution in [3.05, 3.63) is 60.6 Å². The van der Waals surface area contributed by atoms with Gasteiger partial charge in [0.25, 0.3) is 0 Å². The predicted molar refractivity (Wildman–Crippen MR) is 111 cm³/mol. The van der Waals surface area contributed by atoms with Crippen LogP contribution >= 0.6 is 0 Å². The molecule has 0 amide bonds. The highest BCUT2D eigenvalue weighted by Crippen LogP contribution is 2.24. The molecule has 3 aromatic heterocycles. The molecule has 28 heavy (non-hydrogen) atoms. The lowest BCUT2D eigenvalue weighted by Crippen LogP contribution is -2.11. The summed E-state index contributed by atoms with van der Waals surface area (Å²) >= 11 is 0. The Bertz CT molecular complexity index is 1060. The number of aromatic nitrogens is 5. The minimum absolute atomic E-state index is 0.558. The fourth-order valence-electron chi connectivity index (χ4n) is 3.10. The number of nitrogens with zero attached hydrogens (tertiary/aromatic N) is 5. The Morgan fingerprint density at radius 1 is 0.964 bits per heavy atom. The van der Waals surface area contributed by atoms with Crippen LogP contribution in [0.15, 0.2) is 55.0 Å². The maximum atomic E-state index is 4.72. The molecule has 4 aromatic rings. The molecule has 0 radical (unpaired) electrons. The van der Waals surface area contributed by atoms with Gasteiger partial charge in [0.05, 0.1) is 6.20 Å². The van der Waals surface area contributed by atoms with Crippen molar-refractivity contribution in [3.63, 3.8) is 0 Å². The summed E-state index contributed by atoms with van der Waals surface area (Å²) < 4.78 is 2.09. The van der Waals surface area contributed by atoms with Crippen LogP contribution in [0.3, 0.4) is 0 Å². The Morgan fingerprint density at radius 3 is 2.46 bits per heavy atom. The number of imidazole rings is 1. The molecular weight excluding hydrogens is 350 g/mol. The molecule has 0 unspecified atom stereocenters. The third-order valence-electron chi connectivity index (χ3n) is 4.53. The van der Waals surface area contributed by atoms with E-state index < -0.39 is 0 Å².